The molecular weight excluding hydrogens is 248 g/mol. The fourth-order valence-corrected chi connectivity index (χ4v) is 1.46. The first-order valence-electron chi connectivity index (χ1n) is 3.88. The highest BCUT2D eigenvalue weighted by molar-refractivity contribution is 9.10. The topological polar surface area (TPSA) is 61.7 Å². The molecule has 74 valence electrons. The van der Waals surface area contributed by atoms with Gasteiger partial charge in [-0.25, -0.2) is 0 Å². The van der Waals surface area contributed by atoms with E-state index in [1.807, 2.05) is 19.1 Å². The molecule has 0 unspecified atom stereocenters. The predicted octanol–water partition coefficient (Wildman–Crippen LogP) is 2.16. The summed E-state index contributed by atoms with van der Waals surface area (Å²) in [4.78, 5) is 11.0. The number of hydrogen-bond acceptors (Lipinski definition) is 3. The maximum Gasteiger partial charge on any atom is 0.270 e. The first-order chi connectivity index (χ1) is 6.63. The van der Waals surface area contributed by atoms with Crippen molar-refractivity contribution in [3.63, 3.8) is 0 Å². The third kappa shape index (κ3) is 2.85. The zero-order valence-corrected chi connectivity index (χ0v) is 9.08. The Balaban J connectivity index is 2.82. The number of oxime groups is 1. The van der Waals surface area contributed by atoms with E-state index in [1.54, 1.807) is 6.07 Å². The number of hydrogen-bond donors (Lipinski definition) is 2. The van der Waals surface area contributed by atoms with Crippen molar-refractivity contribution in [1.82, 2.24) is 0 Å². The second-order valence-corrected chi connectivity index (χ2v) is 3.61. The number of halogens is 1. The lowest BCUT2D eigenvalue weighted by Gasteiger charge is -2.05. The lowest BCUT2D eigenvalue weighted by molar-refractivity contribution is -0.110. The maximum absolute atomic E-state index is 11.0. The van der Waals surface area contributed by atoms with Crippen LogP contribution >= 0.6 is 15.9 Å². The van der Waals surface area contributed by atoms with Crippen molar-refractivity contribution < 1.29 is 10.0 Å². The van der Waals surface area contributed by atoms with E-state index in [0.29, 0.717) is 5.69 Å². The van der Waals surface area contributed by atoms with E-state index in [4.69, 9.17) is 5.21 Å². The van der Waals surface area contributed by atoms with Gasteiger partial charge in [-0.3, -0.25) is 4.79 Å². The second-order valence-electron chi connectivity index (χ2n) is 2.69. The van der Waals surface area contributed by atoms with Crippen molar-refractivity contribution >= 4 is 33.7 Å². The van der Waals surface area contributed by atoms with Crippen molar-refractivity contribution in [1.29, 1.82) is 0 Å². The summed E-state index contributed by atoms with van der Waals surface area (Å²) in [6.45, 7) is 1.87. The van der Waals surface area contributed by atoms with Crippen molar-refractivity contribution in [3.05, 3.63) is 28.2 Å². The molecule has 2 N–H and O–H groups in total. The highest BCUT2D eigenvalue weighted by Gasteiger charge is 2.02. The molecule has 0 heterocycles. The Morgan fingerprint density at radius 3 is 2.93 bits per heavy atom. The lowest BCUT2D eigenvalue weighted by Crippen LogP contribution is -2.13. The molecule has 0 aliphatic carbocycles. The molecule has 1 amide bonds. The molecule has 0 aliphatic heterocycles. The average Bonchev–Trinajstić information content (AvgIpc) is 2.10. The first-order valence-corrected chi connectivity index (χ1v) is 4.67. The van der Waals surface area contributed by atoms with Gasteiger partial charge in [-0.15, -0.1) is 0 Å². The third-order valence-corrected chi connectivity index (χ3v) is 2.11. The Morgan fingerprint density at radius 2 is 2.36 bits per heavy atom. The molecular formula is C9H9BrN2O2. The highest BCUT2D eigenvalue weighted by Crippen LogP contribution is 2.19. The SMILES string of the molecule is Cc1cc(Br)ccc1NC(=O)C=NO. The van der Waals surface area contributed by atoms with Crippen LogP contribution in [0.2, 0.25) is 0 Å². The first kappa shape index (κ1) is 10.7. The van der Waals surface area contributed by atoms with Crippen molar-refractivity contribution in [3.8, 4) is 0 Å². The monoisotopic (exact) mass is 256 g/mol. The Labute approximate surface area is 89.7 Å². The van der Waals surface area contributed by atoms with Crippen molar-refractivity contribution in [2.24, 2.45) is 5.16 Å². The summed E-state index contributed by atoms with van der Waals surface area (Å²) in [5.41, 5.74) is 1.62. The van der Waals surface area contributed by atoms with Gasteiger partial charge in [-0.2, -0.15) is 0 Å². The molecule has 1 aromatic carbocycles. The third-order valence-electron chi connectivity index (χ3n) is 1.62. The van der Waals surface area contributed by atoms with Crippen LogP contribution in [-0.2, 0) is 4.79 Å². The van der Waals surface area contributed by atoms with Crippen LogP contribution < -0.4 is 5.32 Å². The Kier molecular flexibility index (Phi) is 3.64. The Hall–Kier alpha value is -1.36. The number of carbonyl (C=O) groups is 1. The summed E-state index contributed by atoms with van der Waals surface area (Å²) in [5, 5.41) is 13.3. The number of benzene rings is 1. The summed E-state index contributed by atoms with van der Waals surface area (Å²) in [5.74, 6) is -0.460. The summed E-state index contributed by atoms with van der Waals surface area (Å²) < 4.78 is 0.948. The van der Waals surface area contributed by atoms with E-state index in [9.17, 15) is 4.79 Å². The van der Waals surface area contributed by atoms with E-state index in [1.165, 1.54) is 0 Å². The molecule has 1 rings (SSSR count). The molecule has 0 saturated heterocycles. The van der Waals surface area contributed by atoms with Gasteiger partial charge in [-0.05, 0) is 30.7 Å². The van der Waals surface area contributed by atoms with Gasteiger partial charge < -0.3 is 10.5 Å². The molecule has 5 heteroatoms. The van der Waals surface area contributed by atoms with Crippen LogP contribution in [0.1, 0.15) is 5.56 Å². The minimum absolute atomic E-state index is 0.460. The van der Waals surface area contributed by atoms with Gasteiger partial charge in [0.15, 0.2) is 0 Å². The number of carbonyl (C=O) groups excluding carboxylic acids is 1. The van der Waals surface area contributed by atoms with Gasteiger partial charge in [0.25, 0.3) is 5.91 Å². The number of nitrogens with zero attached hydrogens (tertiary/aromatic N) is 1. The number of amides is 1. The van der Waals surface area contributed by atoms with E-state index in [-0.39, 0.29) is 0 Å². The smallest absolute Gasteiger partial charge is 0.270 e. The quantitative estimate of drug-likeness (QED) is 0.484. The molecule has 0 fully saturated rings. The van der Waals surface area contributed by atoms with E-state index in [2.05, 4.69) is 26.4 Å². The zero-order chi connectivity index (χ0) is 10.6. The summed E-state index contributed by atoms with van der Waals surface area (Å²) >= 11 is 3.31. The fraction of sp³-hybridized carbons (Fsp3) is 0.111. The molecule has 0 aromatic heterocycles. The standard InChI is InChI=1S/C9H9BrN2O2/c1-6-4-7(10)2-3-8(6)12-9(13)5-11-14/h2-5,14H,1H3,(H,12,13). The number of aryl methyl sites for hydroxylation is 1. The van der Waals surface area contributed by atoms with Crippen LogP contribution in [0.4, 0.5) is 5.69 Å². The van der Waals surface area contributed by atoms with Crippen molar-refractivity contribution in [2.45, 2.75) is 6.92 Å². The molecule has 0 saturated carbocycles. The maximum atomic E-state index is 11.0. The van der Waals surface area contributed by atoms with E-state index in [0.717, 1.165) is 16.3 Å². The largest absolute Gasteiger partial charge is 0.411 e. The normalized spacial score (nSPS) is 10.4. The van der Waals surface area contributed by atoms with Crippen LogP contribution in [0, 0.1) is 6.92 Å². The average molecular weight is 257 g/mol. The van der Waals surface area contributed by atoms with Crippen molar-refractivity contribution in [2.75, 3.05) is 5.32 Å². The molecule has 0 spiro atoms. The minimum atomic E-state index is -0.460. The lowest BCUT2D eigenvalue weighted by atomic mass is 10.2. The molecule has 1 aromatic rings. The molecule has 0 aliphatic rings. The molecule has 14 heavy (non-hydrogen) atoms. The molecule has 0 atom stereocenters. The van der Waals surface area contributed by atoms with Crippen LogP contribution in [0.3, 0.4) is 0 Å². The van der Waals surface area contributed by atoms with Gasteiger partial charge >= 0.3 is 0 Å². The Bertz CT molecular complexity index is 377. The Morgan fingerprint density at radius 1 is 1.64 bits per heavy atom. The van der Waals surface area contributed by atoms with Gasteiger partial charge in [0.1, 0.15) is 6.21 Å². The van der Waals surface area contributed by atoms with Crippen LogP contribution in [0.5, 0.6) is 0 Å². The summed E-state index contributed by atoms with van der Waals surface area (Å²) in [6.07, 6.45) is 0.807. The summed E-state index contributed by atoms with van der Waals surface area (Å²) in [7, 11) is 0. The van der Waals surface area contributed by atoms with Crippen LogP contribution in [0.25, 0.3) is 0 Å². The molecule has 0 radical (unpaired) electrons. The fourth-order valence-electron chi connectivity index (χ4n) is 0.985. The van der Waals surface area contributed by atoms with E-state index >= 15 is 0 Å². The number of anilines is 1. The van der Waals surface area contributed by atoms with E-state index < -0.39 is 5.91 Å². The summed E-state index contributed by atoms with van der Waals surface area (Å²) in [6, 6.07) is 5.47. The van der Waals surface area contributed by atoms with Gasteiger partial charge in [-0.1, -0.05) is 21.1 Å². The number of rotatable bonds is 2. The second kappa shape index (κ2) is 4.76. The molecule has 0 bridgehead atoms. The minimum Gasteiger partial charge on any atom is -0.411 e. The highest BCUT2D eigenvalue weighted by atomic mass is 79.9. The number of nitrogens with one attached hydrogen (secondary N) is 1. The predicted molar refractivity (Wildman–Crippen MR) is 57.8 cm³/mol. The van der Waals surface area contributed by atoms with Gasteiger partial charge in [0, 0.05) is 10.2 Å². The van der Waals surface area contributed by atoms with Gasteiger partial charge in [0.05, 0.1) is 0 Å². The molecule has 4 nitrogen and oxygen atoms in total. The zero-order valence-electron chi connectivity index (χ0n) is 7.49. The van der Waals surface area contributed by atoms with Crippen LogP contribution in [-0.4, -0.2) is 17.3 Å². The van der Waals surface area contributed by atoms with Gasteiger partial charge in [0.2, 0.25) is 0 Å². The van der Waals surface area contributed by atoms with Crippen LogP contribution in [0.15, 0.2) is 27.8 Å².